The average Bonchev–Trinajstić information content (AvgIpc) is 0.795. The Hall–Kier alpha value is -12.3. The van der Waals surface area contributed by atoms with Gasteiger partial charge in [-0.25, -0.2) is 26.8 Å². The first-order valence-corrected chi connectivity index (χ1v) is 42.7. The van der Waals surface area contributed by atoms with Gasteiger partial charge in [-0.05, 0) is 303 Å². The Kier molecular flexibility index (Phi) is 34.8. The van der Waals surface area contributed by atoms with E-state index in [-0.39, 0.29) is 88.1 Å². The summed E-state index contributed by atoms with van der Waals surface area (Å²) in [6.07, 6.45) is 2.92. The maximum Gasteiger partial charge on any atom is 0.508 e. The summed E-state index contributed by atoms with van der Waals surface area (Å²) in [5, 5.41) is 0. The topological polar surface area (TPSA) is 239 Å². The van der Waals surface area contributed by atoms with Gasteiger partial charge in [0.2, 0.25) is 5.82 Å². The van der Waals surface area contributed by atoms with Crippen LogP contribution in [0.1, 0.15) is 83.1 Å². The van der Waals surface area contributed by atoms with Crippen LogP contribution in [-0.4, -0.2) is 139 Å². The number of hydrogen-bond donors (Lipinski definition) is 0. The van der Waals surface area contributed by atoms with E-state index in [9.17, 15) is 35.7 Å². The molecule has 0 unspecified atom stereocenters. The molecule has 26 heteroatoms. The minimum atomic E-state index is -5.45. The molecule has 0 heterocycles. The number of rotatable bonds is 38. The third kappa shape index (κ3) is 32.6. The van der Waals surface area contributed by atoms with Crippen LogP contribution < -0.4 is 37.9 Å². The van der Waals surface area contributed by atoms with Crippen LogP contribution in [-0.2, 0) is 58.9 Å². The summed E-state index contributed by atoms with van der Waals surface area (Å²) in [7, 11) is -5.24. The number of hydrogen-bond acceptors (Lipinski definition) is 21. The fourth-order valence-electron chi connectivity index (χ4n) is 11.5. The third-order valence-electron chi connectivity index (χ3n) is 16.9. The molecule has 0 aromatic heterocycles. The van der Waals surface area contributed by atoms with E-state index in [1.54, 1.807) is 53.7 Å². The van der Waals surface area contributed by atoms with Gasteiger partial charge in [-0.1, -0.05) is 72.8 Å². The van der Waals surface area contributed by atoms with Gasteiger partial charge in [0.25, 0.3) is 11.9 Å². The number of carbonyl (C=O) groups is 2. The number of benzene rings is 10. The van der Waals surface area contributed by atoms with E-state index in [0.717, 1.165) is 84.0 Å². The second-order valence-corrected chi connectivity index (χ2v) is 35.0. The SMILES string of the molecule is C=C(OCCOc1ccc(-c2cc(-c3ccc(OCCOC(=O)OC(C)(C)C)cc3)cc(-c3ccc(OCCOc4c(F)cc(S(=O)(=O)[O-])c(F)c4F)cc3)c2)cc1)OC(C)(C)C.C=C(OCCOc1ccc(-c2cc(-c3ccc(OCCOC(=O)OC(C)(C)C)cc3)cc(-c3ccc(OCCOc4ccc([S+](C)C)cc4)cc3)c2)cc1)OC(C)(C)C.[CH3+]. The molecule has 0 fully saturated rings. The summed E-state index contributed by atoms with van der Waals surface area (Å²) < 4.78 is 165. The van der Waals surface area contributed by atoms with Crippen LogP contribution >= 0.6 is 0 Å². The van der Waals surface area contributed by atoms with Gasteiger partial charge in [0.1, 0.15) is 165 Å². The van der Waals surface area contributed by atoms with E-state index >= 15 is 0 Å². The average molecular weight is 1730 g/mol. The Balaban J connectivity index is 0.000000303. The molecule has 21 nitrogen and oxygen atoms in total. The highest BCUT2D eigenvalue weighted by molar-refractivity contribution is 7.95. The Morgan fingerprint density at radius 3 is 0.764 bits per heavy atom. The van der Waals surface area contributed by atoms with Gasteiger partial charge in [0.05, 0.1) is 4.90 Å². The largest absolute Gasteiger partial charge is 0.744 e. The maximum absolute atomic E-state index is 14.3. The van der Waals surface area contributed by atoms with Crippen molar-refractivity contribution in [3.63, 3.8) is 0 Å². The molecule has 0 amide bonds. The van der Waals surface area contributed by atoms with Gasteiger partial charge in [0.15, 0.2) is 22.3 Å². The molecule has 0 radical (unpaired) electrons. The molecule has 0 atom stereocenters. The smallest absolute Gasteiger partial charge is 0.508 e. The molecule has 654 valence electrons. The van der Waals surface area contributed by atoms with E-state index in [4.69, 9.17) is 75.8 Å². The highest BCUT2D eigenvalue weighted by Gasteiger charge is 2.25. The zero-order valence-corrected chi connectivity index (χ0v) is 73.8. The molecular formula is C97H108F3O21S2+. The van der Waals surface area contributed by atoms with Crippen LogP contribution in [0.4, 0.5) is 22.8 Å². The molecule has 0 aliphatic heterocycles. The van der Waals surface area contributed by atoms with Crippen molar-refractivity contribution in [2.45, 2.75) is 115 Å². The second-order valence-electron chi connectivity index (χ2n) is 31.6. The fraction of sp³-hybridized carbons (Fsp3) is 0.309. The van der Waals surface area contributed by atoms with Gasteiger partial charge in [0, 0.05) is 18.3 Å². The zero-order chi connectivity index (χ0) is 88.4. The predicted molar refractivity (Wildman–Crippen MR) is 470 cm³/mol. The molecule has 10 aromatic carbocycles. The highest BCUT2D eigenvalue weighted by Crippen LogP contribution is 2.39. The van der Waals surface area contributed by atoms with Crippen molar-refractivity contribution in [2.75, 3.05) is 91.8 Å². The van der Waals surface area contributed by atoms with Crippen molar-refractivity contribution in [3.8, 4) is 113 Å². The molecule has 0 saturated carbocycles. The van der Waals surface area contributed by atoms with Gasteiger partial charge in [-0.3, -0.25) is 0 Å². The minimum Gasteiger partial charge on any atom is -0.744 e. The van der Waals surface area contributed by atoms with E-state index in [2.05, 4.69) is 86.3 Å². The number of halogens is 3. The standard InChI is InChI=1S/C49H57O9S.C47H49F3O12S.CH3/c1-35(57-48(2,3)4)51-26-27-52-42-16-10-36(11-17-42)39-32-40(37-12-18-43(19-13-37)53-28-29-54-45-22-24-46(25-23-45)59(8)9)34-41(33-39)38-14-20-44(21-15-38)55-30-31-56-47(50)58-49(5,6)7;1-30(61-46(2,3)4)55-20-21-56-37-14-8-31(9-15-37)34-26-35(28-36(27-34)33-12-18-39(19-13-33)58-23-25-60-45(51)62-47(5,6)7)32-10-16-38(17-11-32)57-22-24-59-44-40(48)29-41(63(52,53)54)42(49)43(44)50;/h10-25,32-34H,1,26-31H2,2-9H3;8-19,26-29H,1,20-25H2,2-7H3,(H,52,53,54);1H3/q+1;;+1/p-1. The number of ether oxygens (including phenoxy) is 16. The molecule has 0 saturated heterocycles. The molecule has 0 spiro atoms. The van der Waals surface area contributed by atoms with Gasteiger partial charge in [-0.2, -0.15) is 4.39 Å². The Morgan fingerprint density at radius 1 is 0.317 bits per heavy atom. The van der Waals surface area contributed by atoms with Gasteiger partial charge >= 0.3 is 12.3 Å². The fourth-order valence-corrected chi connectivity index (χ4v) is 12.8. The lowest BCUT2D eigenvalue weighted by Gasteiger charge is -2.22. The predicted octanol–water partition coefficient (Wildman–Crippen LogP) is 22.3. The quantitative estimate of drug-likeness (QED) is 0.00664. The van der Waals surface area contributed by atoms with Gasteiger partial charge in [-0.15, -0.1) is 0 Å². The zero-order valence-electron chi connectivity index (χ0n) is 72.1. The van der Waals surface area contributed by atoms with Gasteiger partial charge < -0.3 is 80.3 Å². The Morgan fingerprint density at radius 2 is 0.537 bits per heavy atom. The lowest BCUT2D eigenvalue weighted by atomic mass is 9.93. The van der Waals surface area contributed by atoms with Crippen molar-refractivity contribution in [3.05, 3.63) is 262 Å². The summed E-state index contributed by atoms with van der Waals surface area (Å²) in [4.78, 5) is 23.4. The van der Waals surface area contributed by atoms with E-state index in [0.29, 0.717) is 49.4 Å². The molecule has 0 aliphatic rings. The lowest BCUT2D eigenvalue weighted by molar-refractivity contribution is -0.0477. The first-order chi connectivity index (χ1) is 57.7. The lowest BCUT2D eigenvalue weighted by Crippen LogP contribution is -2.25. The van der Waals surface area contributed by atoms with Crippen LogP contribution in [0.2, 0.25) is 0 Å². The van der Waals surface area contributed by atoms with Crippen molar-refractivity contribution in [1.82, 2.24) is 0 Å². The monoisotopic (exact) mass is 1730 g/mol. The van der Waals surface area contributed by atoms with Crippen LogP contribution in [0.5, 0.6) is 46.0 Å². The summed E-state index contributed by atoms with van der Waals surface area (Å²) in [6, 6.07) is 67.1. The maximum atomic E-state index is 14.3. The highest BCUT2D eigenvalue weighted by atomic mass is 32.2. The Bertz CT molecular complexity index is 5000. The van der Waals surface area contributed by atoms with Crippen LogP contribution in [0, 0.1) is 24.9 Å². The first kappa shape index (κ1) is 96.2. The van der Waals surface area contributed by atoms with Crippen LogP contribution in [0.3, 0.4) is 0 Å². The van der Waals surface area contributed by atoms with E-state index < -0.39 is 73.9 Å². The molecule has 10 rings (SSSR count). The van der Waals surface area contributed by atoms with Crippen molar-refractivity contribution in [1.29, 1.82) is 0 Å². The van der Waals surface area contributed by atoms with Crippen LogP contribution in [0.25, 0.3) is 66.8 Å². The van der Waals surface area contributed by atoms with E-state index in [1.807, 2.05) is 175 Å². The third-order valence-corrected chi connectivity index (χ3v) is 18.9. The minimum absolute atomic E-state index is 0. The summed E-state index contributed by atoms with van der Waals surface area (Å²) in [5.41, 5.74) is 9.43. The van der Waals surface area contributed by atoms with Crippen molar-refractivity contribution < 1.29 is 112 Å². The molecule has 0 bridgehead atoms. The second kappa shape index (κ2) is 44.5. The van der Waals surface area contributed by atoms with E-state index in [1.165, 1.54) is 4.90 Å². The molecule has 123 heavy (non-hydrogen) atoms. The Labute approximate surface area is 722 Å². The van der Waals surface area contributed by atoms with Crippen molar-refractivity contribution in [2.24, 2.45) is 0 Å². The molecule has 0 N–H and O–H groups in total. The normalized spacial score (nSPS) is 11.4. The summed E-state index contributed by atoms with van der Waals surface area (Å²) in [5.74, 6) is -1.62. The molecule has 0 aliphatic carbocycles. The summed E-state index contributed by atoms with van der Waals surface area (Å²) in [6.45, 7) is 31.6. The molecule has 10 aromatic rings. The molecular weight excluding hydrogens is 1620 g/mol. The summed E-state index contributed by atoms with van der Waals surface area (Å²) >= 11 is 0. The number of carbonyl (C=O) groups excluding carboxylic acids is 2. The van der Waals surface area contributed by atoms with Crippen molar-refractivity contribution >= 4 is 33.3 Å². The van der Waals surface area contributed by atoms with Crippen LogP contribution in [0.15, 0.2) is 247 Å². The first-order valence-electron chi connectivity index (χ1n) is 39.2.